The fourth-order valence-electron chi connectivity index (χ4n) is 1.94. The van der Waals surface area contributed by atoms with Crippen molar-refractivity contribution in [3.05, 3.63) is 53.6 Å². The lowest BCUT2D eigenvalue weighted by Crippen LogP contribution is -2.07. The van der Waals surface area contributed by atoms with E-state index in [4.69, 9.17) is 15.2 Å². The second kappa shape index (κ2) is 6.65. The molecule has 0 atom stereocenters. The Morgan fingerprint density at radius 3 is 2.71 bits per heavy atom. The summed E-state index contributed by atoms with van der Waals surface area (Å²) in [6.45, 7) is 0.613. The summed E-state index contributed by atoms with van der Waals surface area (Å²) in [7, 11) is 2.97. The molecule has 0 bridgehead atoms. The molecule has 0 unspecified atom stereocenters. The summed E-state index contributed by atoms with van der Waals surface area (Å²) in [6, 6.07) is 12.9. The predicted octanol–water partition coefficient (Wildman–Crippen LogP) is 2.68. The van der Waals surface area contributed by atoms with E-state index in [-0.39, 0.29) is 0 Å². The van der Waals surface area contributed by atoms with Crippen molar-refractivity contribution < 1.29 is 14.3 Å². The molecular formula is C16H18N2O3. The van der Waals surface area contributed by atoms with E-state index in [1.165, 1.54) is 7.11 Å². The summed E-state index contributed by atoms with van der Waals surface area (Å²) >= 11 is 0. The summed E-state index contributed by atoms with van der Waals surface area (Å²) in [6.07, 6.45) is 0. The zero-order chi connectivity index (χ0) is 15.2. The normalized spacial score (nSPS) is 10.0. The third kappa shape index (κ3) is 3.66. The highest BCUT2D eigenvalue weighted by Gasteiger charge is 2.10. The van der Waals surface area contributed by atoms with Crippen LogP contribution in [-0.2, 0) is 11.3 Å². The van der Waals surface area contributed by atoms with Gasteiger partial charge in [0.2, 0.25) is 0 Å². The lowest BCUT2D eigenvalue weighted by atomic mass is 10.1. The summed E-state index contributed by atoms with van der Waals surface area (Å²) in [5, 5.41) is 3.24. The van der Waals surface area contributed by atoms with Crippen molar-refractivity contribution in [1.82, 2.24) is 0 Å². The number of benzene rings is 2. The number of nitrogen functional groups attached to an aromatic ring is 1. The van der Waals surface area contributed by atoms with Crippen LogP contribution in [0.25, 0.3) is 0 Å². The summed E-state index contributed by atoms with van der Waals surface area (Å²) in [4.78, 5) is 11.6. The fraction of sp³-hybridized carbons (Fsp3) is 0.188. The Kier molecular flexibility index (Phi) is 4.66. The van der Waals surface area contributed by atoms with E-state index in [2.05, 4.69) is 5.32 Å². The van der Waals surface area contributed by atoms with E-state index in [1.807, 2.05) is 30.3 Å². The van der Waals surface area contributed by atoms with Crippen molar-refractivity contribution in [2.75, 3.05) is 25.3 Å². The Morgan fingerprint density at radius 2 is 2.00 bits per heavy atom. The van der Waals surface area contributed by atoms with E-state index in [1.54, 1.807) is 19.2 Å². The molecule has 2 aromatic rings. The molecule has 0 aliphatic carbocycles. The van der Waals surface area contributed by atoms with Crippen LogP contribution >= 0.6 is 0 Å². The first-order valence-corrected chi connectivity index (χ1v) is 6.48. The molecule has 0 aromatic heterocycles. The first-order chi connectivity index (χ1) is 10.1. The summed E-state index contributed by atoms with van der Waals surface area (Å²) in [5.74, 6) is 0.361. The second-order valence-corrected chi connectivity index (χ2v) is 4.50. The van der Waals surface area contributed by atoms with E-state index >= 15 is 0 Å². The number of carbonyl (C=O) groups excluding carboxylic acids is 1. The van der Waals surface area contributed by atoms with Crippen LogP contribution in [0.1, 0.15) is 15.9 Å². The molecular weight excluding hydrogens is 268 g/mol. The highest BCUT2D eigenvalue weighted by molar-refractivity contribution is 5.96. The Morgan fingerprint density at radius 1 is 1.19 bits per heavy atom. The smallest absolute Gasteiger partial charge is 0.340 e. The fourth-order valence-corrected chi connectivity index (χ4v) is 1.94. The van der Waals surface area contributed by atoms with Gasteiger partial charge in [-0.05, 0) is 35.9 Å². The third-order valence-corrected chi connectivity index (χ3v) is 3.09. The van der Waals surface area contributed by atoms with Crippen molar-refractivity contribution in [1.29, 1.82) is 0 Å². The zero-order valence-electron chi connectivity index (χ0n) is 12.1. The minimum absolute atomic E-state index is 0.355. The molecule has 2 aromatic carbocycles. The average molecular weight is 286 g/mol. The predicted molar refractivity (Wildman–Crippen MR) is 82.5 cm³/mol. The Bertz CT molecular complexity index is 641. The molecule has 2 rings (SSSR count). The minimum Gasteiger partial charge on any atom is -0.497 e. The molecule has 5 heteroatoms. The van der Waals surface area contributed by atoms with Gasteiger partial charge in [-0.25, -0.2) is 4.79 Å². The number of hydrogen-bond acceptors (Lipinski definition) is 5. The third-order valence-electron chi connectivity index (χ3n) is 3.09. The summed E-state index contributed by atoms with van der Waals surface area (Å²) in [5.41, 5.74) is 8.39. The first-order valence-electron chi connectivity index (χ1n) is 6.48. The second-order valence-electron chi connectivity index (χ2n) is 4.50. The van der Waals surface area contributed by atoms with Crippen LogP contribution in [0.2, 0.25) is 0 Å². The largest absolute Gasteiger partial charge is 0.497 e. The average Bonchev–Trinajstić information content (AvgIpc) is 2.53. The van der Waals surface area contributed by atoms with Crippen molar-refractivity contribution in [3.8, 4) is 5.75 Å². The van der Waals surface area contributed by atoms with Crippen LogP contribution in [0.5, 0.6) is 5.75 Å². The van der Waals surface area contributed by atoms with Gasteiger partial charge < -0.3 is 20.5 Å². The Labute approximate surface area is 123 Å². The van der Waals surface area contributed by atoms with Gasteiger partial charge in [0.1, 0.15) is 5.75 Å². The molecule has 21 heavy (non-hydrogen) atoms. The molecule has 0 heterocycles. The highest BCUT2D eigenvalue weighted by Crippen LogP contribution is 2.20. The molecule has 0 fully saturated rings. The van der Waals surface area contributed by atoms with E-state index in [9.17, 15) is 4.79 Å². The SMILES string of the molecule is COC(=O)c1cc(NCc2cccc(OC)c2)ccc1N. The standard InChI is InChI=1S/C16H18N2O3/c1-20-13-5-3-4-11(8-13)10-18-12-6-7-15(17)14(9-12)16(19)21-2/h3-9,18H,10,17H2,1-2H3. The molecule has 0 saturated heterocycles. The van der Waals surface area contributed by atoms with E-state index in [0.717, 1.165) is 17.0 Å². The van der Waals surface area contributed by atoms with Gasteiger partial charge in [-0.2, -0.15) is 0 Å². The lowest BCUT2D eigenvalue weighted by Gasteiger charge is -2.10. The first kappa shape index (κ1) is 14.7. The van der Waals surface area contributed by atoms with Gasteiger partial charge in [0.15, 0.2) is 0 Å². The molecule has 0 radical (unpaired) electrons. The Balaban J connectivity index is 2.11. The molecule has 0 spiro atoms. The van der Waals surface area contributed by atoms with Crippen LogP contribution in [0.4, 0.5) is 11.4 Å². The van der Waals surface area contributed by atoms with Gasteiger partial charge in [0.05, 0.1) is 19.8 Å². The monoisotopic (exact) mass is 286 g/mol. The number of nitrogens with one attached hydrogen (secondary N) is 1. The van der Waals surface area contributed by atoms with Crippen LogP contribution in [0, 0.1) is 0 Å². The maximum absolute atomic E-state index is 11.6. The molecule has 0 saturated carbocycles. The van der Waals surface area contributed by atoms with Crippen LogP contribution in [0.15, 0.2) is 42.5 Å². The van der Waals surface area contributed by atoms with Gasteiger partial charge in [0.25, 0.3) is 0 Å². The summed E-state index contributed by atoms with van der Waals surface area (Å²) < 4.78 is 9.88. The van der Waals surface area contributed by atoms with Crippen LogP contribution in [-0.4, -0.2) is 20.2 Å². The molecule has 0 aliphatic heterocycles. The zero-order valence-corrected chi connectivity index (χ0v) is 12.1. The number of ether oxygens (including phenoxy) is 2. The number of hydrogen-bond donors (Lipinski definition) is 2. The quantitative estimate of drug-likeness (QED) is 0.653. The van der Waals surface area contributed by atoms with E-state index in [0.29, 0.717) is 17.8 Å². The van der Waals surface area contributed by atoms with E-state index < -0.39 is 5.97 Å². The van der Waals surface area contributed by atoms with Crippen molar-refractivity contribution in [2.45, 2.75) is 6.54 Å². The highest BCUT2D eigenvalue weighted by atomic mass is 16.5. The maximum Gasteiger partial charge on any atom is 0.340 e. The maximum atomic E-state index is 11.6. The molecule has 0 amide bonds. The van der Waals surface area contributed by atoms with Gasteiger partial charge in [-0.1, -0.05) is 12.1 Å². The number of anilines is 2. The Hall–Kier alpha value is -2.69. The minimum atomic E-state index is -0.447. The number of rotatable bonds is 5. The molecule has 110 valence electrons. The molecule has 3 N–H and O–H groups in total. The molecule has 5 nitrogen and oxygen atoms in total. The van der Waals surface area contributed by atoms with Gasteiger partial charge in [-0.3, -0.25) is 0 Å². The van der Waals surface area contributed by atoms with Gasteiger partial charge >= 0.3 is 5.97 Å². The van der Waals surface area contributed by atoms with Crippen LogP contribution < -0.4 is 15.8 Å². The van der Waals surface area contributed by atoms with Crippen molar-refractivity contribution in [2.24, 2.45) is 0 Å². The topological polar surface area (TPSA) is 73.6 Å². The lowest BCUT2D eigenvalue weighted by molar-refractivity contribution is 0.0602. The number of carbonyl (C=O) groups is 1. The molecule has 0 aliphatic rings. The van der Waals surface area contributed by atoms with Gasteiger partial charge in [-0.15, -0.1) is 0 Å². The number of nitrogens with two attached hydrogens (primary N) is 1. The van der Waals surface area contributed by atoms with Crippen molar-refractivity contribution in [3.63, 3.8) is 0 Å². The van der Waals surface area contributed by atoms with Crippen molar-refractivity contribution >= 4 is 17.3 Å². The van der Waals surface area contributed by atoms with Gasteiger partial charge in [0, 0.05) is 17.9 Å². The van der Waals surface area contributed by atoms with Crippen LogP contribution in [0.3, 0.4) is 0 Å². The number of esters is 1. The number of methoxy groups -OCH3 is 2.